The lowest BCUT2D eigenvalue weighted by atomic mass is 10.1. The molecule has 0 aliphatic carbocycles. The Hall–Kier alpha value is -1.75. The number of benzene rings is 1. The average Bonchev–Trinajstić information content (AvgIpc) is 2.46. The average molecular weight is 364 g/mol. The fourth-order valence-corrected chi connectivity index (χ4v) is 2.88. The Kier molecular flexibility index (Phi) is 4.96. The first-order valence-corrected chi connectivity index (χ1v) is 7.90. The largest absolute Gasteiger partial charge is 0.496 e. The molecule has 0 aliphatic rings. The molecule has 0 radical (unpaired) electrons. The van der Waals surface area contributed by atoms with Gasteiger partial charge in [0.25, 0.3) is 0 Å². The molecule has 4 nitrogen and oxygen atoms in total. The summed E-state index contributed by atoms with van der Waals surface area (Å²) in [4.78, 5) is 6.74. The van der Waals surface area contributed by atoms with Crippen LogP contribution in [0.4, 0.5) is 17.2 Å². The van der Waals surface area contributed by atoms with Crippen LogP contribution in [0.25, 0.3) is 0 Å². The second-order valence-electron chi connectivity index (χ2n) is 5.53. The van der Waals surface area contributed by atoms with Crippen LogP contribution in [-0.4, -0.2) is 26.2 Å². The standard InChI is InChI=1S/C17H22BrN3O/c1-10-7-8-15(22-6)11(2)16(10)20-17-13(18)9-14(21(4)5)12(3)19-17/h7-9H,1-6H3,(H,19,20). The van der Waals surface area contributed by atoms with E-state index in [1.54, 1.807) is 7.11 Å². The van der Waals surface area contributed by atoms with Crippen molar-refractivity contribution in [3.63, 3.8) is 0 Å². The number of rotatable bonds is 4. The molecule has 0 atom stereocenters. The van der Waals surface area contributed by atoms with Gasteiger partial charge in [0, 0.05) is 25.3 Å². The number of halogens is 1. The predicted molar refractivity (Wildman–Crippen MR) is 96.8 cm³/mol. The summed E-state index contributed by atoms with van der Waals surface area (Å²) in [6.07, 6.45) is 0. The SMILES string of the molecule is COc1ccc(C)c(Nc2nc(C)c(N(C)C)cc2Br)c1C. The van der Waals surface area contributed by atoms with Crippen LogP contribution < -0.4 is 15.0 Å². The van der Waals surface area contributed by atoms with Crippen LogP contribution in [0.3, 0.4) is 0 Å². The molecule has 1 heterocycles. The number of nitrogens with one attached hydrogen (secondary N) is 1. The third-order valence-corrected chi connectivity index (χ3v) is 4.31. The van der Waals surface area contributed by atoms with Gasteiger partial charge >= 0.3 is 0 Å². The van der Waals surface area contributed by atoms with E-state index < -0.39 is 0 Å². The van der Waals surface area contributed by atoms with Crippen molar-refractivity contribution in [1.29, 1.82) is 0 Å². The highest BCUT2D eigenvalue weighted by Crippen LogP contribution is 2.34. The van der Waals surface area contributed by atoms with E-state index in [0.717, 1.165) is 44.2 Å². The van der Waals surface area contributed by atoms with Gasteiger partial charge in [0.15, 0.2) is 0 Å². The van der Waals surface area contributed by atoms with E-state index in [2.05, 4.69) is 44.1 Å². The molecule has 0 amide bonds. The van der Waals surface area contributed by atoms with Crippen LogP contribution in [0.5, 0.6) is 5.75 Å². The van der Waals surface area contributed by atoms with E-state index in [-0.39, 0.29) is 0 Å². The minimum absolute atomic E-state index is 0.808. The molecule has 0 saturated heterocycles. The van der Waals surface area contributed by atoms with Crippen molar-refractivity contribution in [2.45, 2.75) is 20.8 Å². The Morgan fingerprint density at radius 2 is 1.86 bits per heavy atom. The number of hydrogen-bond donors (Lipinski definition) is 1. The van der Waals surface area contributed by atoms with E-state index >= 15 is 0 Å². The van der Waals surface area contributed by atoms with E-state index in [1.165, 1.54) is 0 Å². The second-order valence-corrected chi connectivity index (χ2v) is 6.38. The molecule has 118 valence electrons. The summed E-state index contributed by atoms with van der Waals surface area (Å²) < 4.78 is 6.34. The molecular weight excluding hydrogens is 342 g/mol. The maximum absolute atomic E-state index is 5.40. The molecule has 1 N–H and O–H groups in total. The molecule has 0 fully saturated rings. The lowest BCUT2D eigenvalue weighted by Gasteiger charge is -2.19. The first kappa shape index (κ1) is 16.6. The summed E-state index contributed by atoms with van der Waals surface area (Å²) in [5, 5.41) is 3.43. The first-order valence-electron chi connectivity index (χ1n) is 7.10. The van der Waals surface area contributed by atoms with Crippen molar-refractivity contribution >= 4 is 33.1 Å². The van der Waals surface area contributed by atoms with Crippen molar-refractivity contribution in [3.05, 3.63) is 39.5 Å². The van der Waals surface area contributed by atoms with Crippen LogP contribution in [-0.2, 0) is 0 Å². The number of aryl methyl sites for hydroxylation is 2. The van der Waals surface area contributed by atoms with Crippen LogP contribution in [0.15, 0.2) is 22.7 Å². The van der Waals surface area contributed by atoms with E-state index in [4.69, 9.17) is 4.74 Å². The number of hydrogen-bond acceptors (Lipinski definition) is 4. The molecule has 1 aromatic heterocycles. The summed E-state index contributed by atoms with van der Waals surface area (Å²) in [6.45, 7) is 6.13. The lowest BCUT2D eigenvalue weighted by Crippen LogP contribution is -2.12. The van der Waals surface area contributed by atoms with Gasteiger partial charge < -0.3 is 15.0 Å². The summed E-state index contributed by atoms with van der Waals surface area (Å²) in [5.74, 6) is 1.67. The van der Waals surface area contributed by atoms with Gasteiger partial charge in [-0.05, 0) is 54.4 Å². The third kappa shape index (κ3) is 3.19. The van der Waals surface area contributed by atoms with Crippen molar-refractivity contribution < 1.29 is 4.74 Å². The van der Waals surface area contributed by atoms with Gasteiger partial charge in [0.05, 0.1) is 23.0 Å². The zero-order valence-corrected chi connectivity index (χ0v) is 15.5. The number of anilines is 3. The molecule has 0 unspecified atom stereocenters. The Labute approximate surface area is 140 Å². The van der Waals surface area contributed by atoms with Gasteiger partial charge in [-0.1, -0.05) is 6.07 Å². The summed E-state index contributed by atoms with van der Waals surface area (Å²) in [5.41, 5.74) is 5.34. The number of ether oxygens (including phenoxy) is 1. The van der Waals surface area contributed by atoms with Gasteiger partial charge in [0.2, 0.25) is 0 Å². The molecule has 22 heavy (non-hydrogen) atoms. The van der Waals surface area contributed by atoms with E-state index in [0.29, 0.717) is 0 Å². The van der Waals surface area contributed by atoms with Crippen LogP contribution in [0.2, 0.25) is 0 Å². The van der Waals surface area contributed by atoms with Gasteiger partial charge in [-0.15, -0.1) is 0 Å². The normalized spacial score (nSPS) is 10.5. The smallest absolute Gasteiger partial charge is 0.145 e. The van der Waals surface area contributed by atoms with Gasteiger partial charge in [-0.3, -0.25) is 0 Å². The van der Waals surface area contributed by atoms with E-state index in [1.807, 2.05) is 40.1 Å². The minimum Gasteiger partial charge on any atom is -0.496 e. The molecule has 0 bridgehead atoms. The summed E-state index contributed by atoms with van der Waals surface area (Å²) in [7, 11) is 5.71. The highest BCUT2D eigenvalue weighted by atomic mass is 79.9. The number of nitrogens with zero attached hydrogens (tertiary/aromatic N) is 2. The van der Waals surface area contributed by atoms with Crippen molar-refractivity contribution in [2.75, 3.05) is 31.4 Å². The Morgan fingerprint density at radius 3 is 2.45 bits per heavy atom. The van der Waals surface area contributed by atoms with E-state index in [9.17, 15) is 0 Å². The zero-order valence-electron chi connectivity index (χ0n) is 13.9. The molecule has 2 rings (SSSR count). The Balaban J connectivity index is 2.46. The quantitative estimate of drug-likeness (QED) is 0.861. The van der Waals surface area contributed by atoms with Crippen LogP contribution >= 0.6 is 15.9 Å². The van der Waals surface area contributed by atoms with Crippen LogP contribution in [0, 0.1) is 20.8 Å². The lowest BCUT2D eigenvalue weighted by molar-refractivity contribution is 0.412. The maximum atomic E-state index is 5.40. The second kappa shape index (κ2) is 6.57. The monoisotopic (exact) mass is 363 g/mol. The first-order chi connectivity index (χ1) is 10.3. The molecule has 0 spiro atoms. The molecule has 5 heteroatoms. The van der Waals surface area contributed by atoms with Crippen molar-refractivity contribution in [2.24, 2.45) is 0 Å². The maximum Gasteiger partial charge on any atom is 0.145 e. The van der Waals surface area contributed by atoms with Gasteiger partial charge in [-0.2, -0.15) is 0 Å². The Bertz CT molecular complexity index is 699. The highest BCUT2D eigenvalue weighted by molar-refractivity contribution is 9.10. The fraction of sp³-hybridized carbons (Fsp3) is 0.353. The molecule has 0 saturated carbocycles. The van der Waals surface area contributed by atoms with Gasteiger partial charge in [-0.25, -0.2) is 4.98 Å². The highest BCUT2D eigenvalue weighted by Gasteiger charge is 2.13. The predicted octanol–water partition coefficient (Wildman–Crippen LogP) is 4.59. The topological polar surface area (TPSA) is 37.4 Å². The summed E-state index contributed by atoms with van der Waals surface area (Å²) >= 11 is 3.61. The summed E-state index contributed by atoms with van der Waals surface area (Å²) in [6, 6.07) is 6.11. The molecular formula is C17H22BrN3O. The fourth-order valence-electron chi connectivity index (χ4n) is 2.47. The van der Waals surface area contributed by atoms with Crippen molar-refractivity contribution in [3.8, 4) is 5.75 Å². The molecule has 0 aliphatic heterocycles. The molecule has 1 aromatic carbocycles. The molecule has 2 aromatic rings. The Morgan fingerprint density at radius 1 is 1.18 bits per heavy atom. The number of methoxy groups -OCH3 is 1. The minimum atomic E-state index is 0.808. The van der Waals surface area contributed by atoms with Crippen LogP contribution in [0.1, 0.15) is 16.8 Å². The number of aromatic nitrogens is 1. The van der Waals surface area contributed by atoms with Crippen molar-refractivity contribution in [1.82, 2.24) is 4.98 Å². The van der Waals surface area contributed by atoms with Gasteiger partial charge in [0.1, 0.15) is 11.6 Å². The third-order valence-electron chi connectivity index (χ3n) is 3.71. The number of pyridine rings is 1. The zero-order chi connectivity index (χ0) is 16.4.